The number of carbonyl (C=O) groups excluding carboxylic acids is 1. The average molecular weight is 349 g/mol. The number of nitrogens with zero attached hydrogens (tertiary/aromatic N) is 2. The molecule has 1 aliphatic rings. The Labute approximate surface area is 156 Å². The largest absolute Gasteiger partial charge is 0.323 e. The second-order valence-corrected chi connectivity index (χ2v) is 7.01. The van der Waals surface area contributed by atoms with Gasteiger partial charge in [-0.1, -0.05) is 42.0 Å². The molecule has 2 aromatic rings. The van der Waals surface area contributed by atoms with E-state index in [1.807, 2.05) is 49.4 Å². The van der Waals surface area contributed by atoms with Crippen LogP contribution in [-0.4, -0.2) is 48.9 Å². The molecule has 136 valence electrons. The van der Waals surface area contributed by atoms with E-state index >= 15 is 0 Å². The number of aryl methyl sites for hydroxylation is 1. The SMILES string of the molecule is Cc1ccc(/C=C/C(=O)Nc2ccc(CN3CCN(C)CC3)cc2)cc1. The van der Waals surface area contributed by atoms with Crippen LogP contribution < -0.4 is 5.32 Å². The summed E-state index contributed by atoms with van der Waals surface area (Å²) in [5.74, 6) is -0.114. The summed E-state index contributed by atoms with van der Waals surface area (Å²) in [5, 5.41) is 2.91. The van der Waals surface area contributed by atoms with Crippen LogP contribution in [0, 0.1) is 6.92 Å². The minimum absolute atomic E-state index is 0.114. The number of likely N-dealkylation sites (N-methyl/N-ethyl adjacent to an activating group) is 1. The molecule has 4 heteroatoms. The van der Waals surface area contributed by atoms with Crippen molar-refractivity contribution in [3.63, 3.8) is 0 Å². The van der Waals surface area contributed by atoms with Crippen molar-refractivity contribution in [3.8, 4) is 0 Å². The predicted octanol–water partition coefficient (Wildman–Crippen LogP) is 3.39. The van der Waals surface area contributed by atoms with Crippen LogP contribution in [-0.2, 0) is 11.3 Å². The van der Waals surface area contributed by atoms with E-state index in [1.165, 1.54) is 11.1 Å². The van der Waals surface area contributed by atoms with E-state index in [-0.39, 0.29) is 5.91 Å². The number of hydrogen-bond acceptors (Lipinski definition) is 3. The summed E-state index contributed by atoms with van der Waals surface area (Å²) in [6.45, 7) is 7.49. The van der Waals surface area contributed by atoms with Gasteiger partial charge in [0.05, 0.1) is 0 Å². The standard InChI is InChI=1S/C22H27N3O/c1-18-3-5-19(6-4-18)9-12-22(26)23-21-10-7-20(8-11-21)17-25-15-13-24(2)14-16-25/h3-12H,13-17H2,1-2H3,(H,23,26)/b12-9+. The van der Waals surface area contributed by atoms with Gasteiger partial charge in [-0.3, -0.25) is 9.69 Å². The first-order valence-electron chi connectivity index (χ1n) is 9.14. The summed E-state index contributed by atoms with van der Waals surface area (Å²) in [6.07, 6.45) is 3.40. The fraction of sp³-hybridized carbons (Fsp3) is 0.318. The molecule has 0 spiro atoms. The van der Waals surface area contributed by atoms with E-state index in [1.54, 1.807) is 6.08 Å². The number of hydrogen-bond donors (Lipinski definition) is 1. The molecule has 1 fully saturated rings. The molecule has 0 aromatic heterocycles. The van der Waals surface area contributed by atoms with Crippen molar-refractivity contribution < 1.29 is 4.79 Å². The Hall–Kier alpha value is -2.43. The Morgan fingerprint density at radius 3 is 2.31 bits per heavy atom. The second kappa shape index (κ2) is 8.79. The molecule has 2 aromatic carbocycles. The molecular weight excluding hydrogens is 322 g/mol. The van der Waals surface area contributed by atoms with Gasteiger partial charge in [-0.15, -0.1) is 0 Å². The lowest BCUT2D eigenvalue weighted by Gasteiger charge is -2.32. The highest BCUT2D eigenvalue weighted by molar-refractivity contribution is 6.01. The minimum Gasteiger partial charge on any atom is -0.323 e. The van der Waals surface area contributed by atoms with Gasteiger partial charge in [-0.25, -0.2) is 0 Å². The highest BCUT2D eigenvalue weighted by Crippen LogP contribution is 2.13. The third-order valence-electron chi connectivity index (χ3n) is 4.73. The first kappa shape index (κ1) is 18.4. The van der Waals surface area contributed by atoms with Gasteiger partial charge in [0.15, 0.2) is 0 Å². The van der Waals surface area contributed by atoms with Gasteiger partial charge in [-0.05, 0) is 43.3 Å². The molecule has 1 aliphatic heterocycles. The van der Waals surface area contributed by atoms with Gasteiger partial charge in [-0.2, -0.15) is 0 Å². The van der Waals surface area contributed by atoms with Crippen molar-refractivity contribution in [1.29, 1.82) is 0 Å². The maximum absolute atomic E-state index is 12.1. The lowest BCUT2D eigenvalue weighted by molar-refractivity contribution is -0.111. The fourth-order valence-electron chi connectivity index (χ4n) is 2.99. The monoisotopic (exact) mass is 349 g/mol. The molecule has 1 N–H and O–H groups in total. The zero-order chi connectivity index (χ0) is 18.4. The van der Waals surface area contributed by atoms with E-state index in [0.29, 0.717) is 0 Å². The molecule has 3 rings (SSSR count). The number of piperazine rings is 1. The molecule has 0 saturated carbocycles. The predicted molar refractivity (Wildman–Crippen MR) is 108 cm³/mol. The molecule has 1 saturated heterocycles. The van der Waals surface area contributed by atoms with Gasteiger partial charge in [0.1, 0.15) is 0 Å². The van der Waals surface area contributed by atoms with Crippen LogP contribution in [0.4, 0.5) is 5.69 Å². The smallest absolute Gasteiger partial charge is 0.248 e. The van der Waals surface area contributed by atoms with Crippen LogP contribution >= 0.6 is 0 Å². The maximum atomic E-state index is 12.1. The van der Waals surface area contributed by atoms with Gasteiger partial charge < -0.3 is 10.2 Å². The average Bonchev–Trinajstić information content (AvgIpc) is 2.65. The molecule has 0 radical (unpaired) electrons. The van der Waals surface area contributed by atoms with E-state index < -0.39 is 0 Å². The first-order valence-corrected chi connectivity index (χ1v) is 9.14. The van der Waals surface area contributed by atoms with Gasteiger partial charge in [0.25, 0.3) is 0 Å². The highest BCUT2D eigenvalue weighted by Gasteiger charge is 2.13. The zero-order valence-electron chi connectivity index (χ0n) is 15.6. The molecular formula is C22H27N3O. The van der Waals surface area contributed by atoms with Crippen molar-refractivity contribution in [1.82, 2.24) is 9.80 Å². The molecule has 0 bridgehead atoms. The van der Waals surface area contributed by atoms with Gasteiger partial charge >= 0.3 is 0 Å². The Balaban J connectivity index is 1.50. The molecule has 1 amide bonds. The molecule has 0 aliphatic carbocycles. The van der Waals surface area contributed by atoms with E-state index in [2.05, 4.69) is 34.3 Å². The second-order valence-electron chi connectivity index (χ2n) is 7.01. The van der Waals surface area contributed by atoms with Crippen molar-refractivity contribution in [2.75, 3.05) is 38.5 Å². The number of anilines is 1. The number of rotatable bonds is 5. The molecule has 0 unspecified atom stereocenters. The fourth-order valence-corrected chi connectivity index (χ4v) is 2.99. The van der Waals surface area contributed by atoms with Crippen LogP contribution in [0.1, 0.15) is 16.7 Å². The van der Waals surface area contributed by atoms with E-state index in [9.17, 15) is 4.79 Å². The Bertz CT molecular complexity index is 742. The Morgan fingerprint density at radius 1 is 1.00 bits per heavy atom. The molecule has 4 nitrogen and oxygen atoms in total. The third kappa shape index (κ3) is 5.55. The van der Waals surface area contributed by atoms with Crippen molar-refractivity contribution in [2.45, 2.75) is 13.5 Å². The van der Waals surface area contributed by atoms with Crippen LogP contribution in [0.15, 0.2) is 54.6 Å². The van der Waals surface area contributed by atoms with E-state index in [4.69, 9.17) is 0 Å². The number of amides is 1. The lowest BCUT2D eigenvalue weighted by atomic mass is 10.1. The number of benzene rings is 2. The highest BCUT2D eigenvalue weighted by atomic mass is 16.1. The topological polar surface area (TPSA) is 35.6 Å². The van der Waals surface area contributed by atoms with Gasteiger partial charge in [0, 0.05) is 44.5 Å². The first-order chi connectivity index (χ1) is 12.6. The molecule has 1 heterocycles. The maximum Gasteiger partial charge on any atom is 0.248 e. The van der Waals surface area contributed by atoms with E-state index in [0.717, 1.165) is 44.0 Å². The van der Waals surface area contributed by atoms with Crippen molar-refractivity contribution in [3.05, 3.63) is 71.3 Å². The van der Waals surface area contributed by atoms with Crippen molar-refractivity contribution in [2.24, 2.45) is 0 Å². The van der Waals surface area contributed by atoms with Crippen LogP contribution in [0.25, 0.3) is 6.08 Å². The molecule has 0 atom stereocenters. The summed E-state index contributed by atoms with van der Waals surface area (Å²) in [4.78, 5) is 16.9. The zero-order valence-corrected chi connectivity index (χ0v) is 15.6. The van der Waals surface area contributed by atoms with Crippen molar-refractivity contribution >= 4 is 17.7 Å². The Morgan fingerprint density at radius 2 is 1.65 bits per heavy atom. The summed E-state index contributed by atoms with van der Waals surface area (Å²) in [5.41, 5.74) is 4.34. The summed E-state index contributed by atoms with van der Waals surface area (Å²) >= 11 is 0. The lowest BCUT2D eigenvalue weighted by Crippen LogP contribution is -2.43. The number of nitrogens with one attached hydrogen (secondary N) is 1. The van der Waals surface area contributed by atoms with Gasteiger partial charge in [0.2, 0.25) is 5.91 Å². The minimum atomic E-state index is -0.114. The third-order valence-corrected chi connectivity index (χ3v) is 4.73. The van der Waals surface area contributed by atoms with Crippen LogP contribution in [0.2, 0.25) is 0 Å². The normalized spacial score (nSPS) is 16.1. The Kier molecular flexibility index (Phi) is 6.21. The summed E-state index contributed by atoms with van der Waals surface area (Å²) < 4.78 is 0. The quantitative estimate of drug-likeness (QED) is 0.841. The van der Waals surface area contributed by atoms with Crippen LogP contribution in [0.5, 0.6) is 0 Å². The summed E-state index contributed by atoms with van der Waals surface area (Å²) in [6, 6.07) is 16.2. The molecule has 26 heavy (non-hydrogen) atoms. The van der Waals surface area contributed by atoms with Crippen LogP contribution in [0.3, 0.4) is 0 Å². The number of carbonyl (C=O) groups is 1. The summed E-state index contributed by atoms with van der Waals surface area (Å²) in [7, 11) is 2.17.